The van der Waals surface area contributed by atoms with Gasteiger partial charge in [-0.05, 0) is 35.9 Å². The first kappa shape index (κ1) is 22.8. The maximum Gasteiger partial charge on any atom is 0.261 e. The third-order valence-corrected chi connectivity index (χ3v) is 6.68. The average molecular weight is 462 g/mol. The number of hydrogen-bond acceptors (Lipinski definition) is 4. The van der Waals surface area contributed by atoms with Crippen molar-refractivity contribution in [3.63, 3.8) is 0 Å². The van der Waals surface area contributed by atoms with E-state index in [1.165, 1.54) is 18.2 Å². The molecule has 7 nitrogen and oxygen atoms in total. The lowest BCUT2D eigenvalue weighted by atomic mass is 10.2. The fourth-order valence-electron chi connectivity index (χ4n) is 3.18. The molecule has 1 heterocycles. The first-order valence-corrected chi connectivity index (χ1v) is 11.8. The van der Waals surface area contributed by atoms with Crippen LogP contribution in [0.4, 0.5) is 5.69 Å². The molecule has 0 bridgehead atoms. The number of amides is 2. The van der Waals surface area contributed by atoms with Gasteiger partial charge in [-0.25, -0.2) is 8.42 Å². The lowest BCUT2D eigenvalue weighted by Crippen LogP contribution is -2.50. The second-order valence-corrected chi connectivity index (χ2v) is 9.14. The summed E-state index contributed by atoms with van der Waals surface area (Å²) < 4.78 is 27.6. The molecule has 0 unspecified atom stereocenters. The van der Waals surface area contributed by atoms with Gasteiger partial charge in [0.15, 0.2) is 0 Å². The van der Waals surface area contributed by atoms with Crippen molar-refractivity contribution in [2.75, 3.05) is 30.9 Å². The van der Waals surface area contributed by atoms with E-state index < -0.39 is 10.0 Å². The van der Waals surface area contributed by atoms with Gasteiger partial charge in [-0.3, -0.25) is 14.3 Å². The van der Waals surface area contributed by atoms with E-state index in [0.717, 1.165) is 0 Å². The minimum atomic E-state index is -3.78. The van der Waals surface area contributed by atoms with Crippen LogP contribution in [0.2, 0.25) is 5.02 Å². The maximum absolute atomic E-state index is 12.6. The quantitative estimate of drug-likeness (QED) is 0.669. The van der Waals surface area contributed by atoms with Crippen molar-refractivity contribution in [2.45, 2.75) is 18.2 Å². The summed E-state index contributed by atoms with van der Waals surface area (Å²) >= 11 is 6.02. The molecule has 0 spiro atoms. The maximum atomic E-state index is 12.6. The van der Waals surface area contributed by atoms with Crippen molar-refractivity contribution >= 4 is 45.2 Å². The van der Waals surface area contributed by atoms with Crippen LogP contribution < -0.4 is 4.72 Å². The molecule has 164 valence electrons. The van der Waals surface area contributed by atoms with Gasteiger partial charge in [-0.1, -0.05) is 42.8 Å². The van der Waals surface area contributed by atoms with Gasteiger partial charge < -0.3 is 9.80 Å². The number of rotatable bonds is 6. The molecule has 1 N–H and O–H groups in total. The molecule has 3 rings (SSSR count). The fraction of sp³-hybridized carbons (Fsp3) is 0.273. The number of sulfonamides is 1. The Morgan fingerprint density at radius 1 is 1.00 bits per heavy atom. The molecule has 0 saturated carbocycles. The number of hydrogen-bond donors (Lipinski definition) is 1. The Labute approximate surface area is 187 Å². The molecule has 0 aromatic heterocycles. The Kier molecular flexibility index (Phi) is 7.35. The number of carbonyl (C=O) groups excluding carboxylic acids is 2. The highest BCUT2D eigenvalue weighted by molar-refractivity contribution is 7.92. The van der Waals surface area contributed by atoms with Crippen LogP contribution in [0.25, 0.3) is 6.08 Å². The normalized spacial score (nSPS) is 14.6. The molecule has 2 aromatic rings. The molecule has 0 aliphatic carbocycles. The van der Waals surface area contributed by atoms with E-state index in [-0.39, 0.29) is 16.7 Å². The zero-order chi connectivity index (χ0) is 22.4. The van der Waals surface area contributed by atoms with Crippen molar-refractivity contribution in [3.8, 4) is 0 Å². The summed E-state index contributed by atoms with van der Waals surface area (Å²) in [6.07, 6.45) is 3.57. The summed E-state index contributed by atoms with van der Waals surface area (Å²) in [7, 11) is -3.78. The van der Waals surface area contributed by atoms with Gasteiger partial charge in [0, 0.05) is 38.7 Å². The van der Waals surface area contributed by atoms with Crippen molar-refractivity contribution in [2.24, 2.45) is 0 Å². The predicted octanol–water partition coefficient (Wildman–Crippen LogP) is 3.23. The standard InChI is InChI=1S/C22H24ClN3O4S/c1-2-21(27)25-13-15-26(16-14-25)22(28)12-9-17-7-10-18(11-8-17)31(29,30)24-20-6-4-3-5-19(20)23/h3-12,24H,2,13-16H2,1H3/b12-9+. The van der Waals surface area contributed by atoms with Gasteiger partial charge in [-0.2, -0.15) is 0 Å². The Bertz CT molecular complexity index is 1080. The lowest BCUT2D eigenvalue weighted by Gasteiger charge is -2.34. The first-order valence-electron chi connectivity index (χ1n) is 9.92. The van der Waals surface area contributed by atoms with Crippen LogP contribution >= 0.6 is 11.6 Å². The van der Waals surface area contributed by atoms with E-state index in [0.29, 0.717) is 48.9 Å². The number of para-hydroxylation sites is 1. The van der Waals surface area contributed by atoms with Crippen LogP contribution in [0.3, 0.4) is 0 Å². The summed E-state index contributed by atoms with van der Waals surface area (Å²) in [5, 5.41) is 0.309. The van der Waals surface area contributed by atoms with Crippen LogP contribution in [0.5, 0.6) is 0 Å². The predicted molar refractivity (Wildman–Crippen MR) is 121 cm³/mol. The Morgan fingerprint density at radius 3 is 2.23 bits per heavy atom. The summed E-state index contributed by atoms with van der Waals surface area (Å²) in [4.78, 5) is 27.7. The van der Waals surface area contributed by atoms with E-state index >= 15 is 0 Å². The zero-order valence-electron chi connectivity index (χ0n) is 17.1. The molecule has 2 aromatic carbocycles. The number of anilines is 1. The van der Waals surface area contributed by atoms with Gasteiger partial charge >= 0.3 is 0 Å². The third-order valence-electron chi connectivity index (χ3n) is 4.97. The van der Waals surface area contributed by atoms with Gasteiger partial charge in [0.05, 0.1) is 15.6 Å². The van der Waals surface area contributed by atoms with Crippen LogP contribution in [-0.4, -0.2) is 56.2 Å². The number of nitrogens with one attached hydrogen (secondary N) is 1. The summed E-state index contributed by atoms with van der Waals surface area (Å²) in [5.74, 6) is -0.0395. The number of nitrogens with zero attached hydrogens (tertiary/aromatic N) is 2. The monoisotopic (exact) mass is 461 g/mol. The zero-order valence-corrected chi connectivity index (χ0v) is 18.7. The minimum Gasteiger partial charge on any atom is -0.339 e. The molecule has 1 fully saturated rings. The van der Waals surface area contributed by atoms with Crippen molar-refractivity contribution in [3.05, 3.63) is 65.2 Å². The van der Waals surface area contributed by atoms with Gasteiger partial charge in [0.1, 0.15) is 0 Å². The smallest absolute Gasteiger partial charge is 0.261 e. The Balaban J connectivity index is 1.60. The summed E-state index contributed by atoms with van der Waals surface area (Å²) in [5.41, 5.74) is 1.00. The minimum absolute atomic E-state index is 0.0904. The number of benzene rings is 2. The van der Waals surface area contributed by atoms with Gasteiger partial charge in [0.2, 0.25) is 11.8 Å². The summed E-state index contributed by atoms with van der Waals surface area (Å²) in [6.45, 7) is 3.90. The molecular formula is C22H24ClN3O4S. The topological polar surface area (TPSA) is 86.8 Å². The van der Waals surface area contributed by atoms with Crippen molar-refractivity contribution in [1.82, 2.24) is 9.80 Å². The molecule has 0 radical (unpaired) electrons. The van der Waals surface area contributed by atoms with E-state index in [2.05, 4.69) is 4.72 Å². The molecule has 2 amide bonds. The number of piperazine rings is 1. The molecule has 1 aliphatic rings. The Morgan fingerprint density at radius 2 is 1.61 bits per heavy atom. The largest absolute Gasteiger partial charge is 0.339 e. The lowest BCUT2D eigenvalue weighted by molar-refractivity contribution is -0.136. The average Bonchev–Trinajstić information content (AvgIpc) is 2.78. The van der Waals surface area contributed by atoms with Gasteiger partial charge in [0.25, 0.3) is 10.0 Å². The second kappa shape index (κ2) is 9.98. The highest BCUT2D eigenvalue weighted by atomic mass is 35.5. The van der Waals surface area contributed by atoms with Crippen LogP contribution in [0, 0.1) is 0 Å². The van der Waals surface area contributed by atoms with Crippen molar-refractivity contribution in [1.29, 1.82) is 0 Å². The van der Waals surface area contributed by atoms with Crippen LogP contribution in [-0.2, 0) is 19.6 Å². The molecule has 9 heteroatoms. The number of halogens is 1. The van der Waals surface area contributed by atoms with Crippen LogP contribution in [0.15, 0.2) is 59.5 Å². The molecular weight excluding hydrogens is 438 g/mol. The Hall–Kier alpha value is -2.84. The second-order valence-electron chi connectivity index (χ2n) is 7.05. The third kappa shape index (κ3) is 5.86. The van der Waals surface area contributed by atoms with E-state index in [1.807, 2.05) is 6.92 Å². The first-order chi connectivity index (χ1) is 14.8. The molecule has 31 heavy (non-hydrogen) atoms. The highest BCUT2D eigenvalue weighted by Gasteiger charge is 2.22. The van der Waals surface area contributed by atoms with Crippen molar-refractivity contribution < 1.29 is 18.0 Å². The van der Waals surface area contributed by atoms with Crippen LogP contribution in [0.1, 0.15) is 18.9 Å². The molecule has 1 saturated heterocycles. The summed E-state index contributed by atoms with van der Waals surface area (Å²) in [6, 6.07) is 12.8. The van der Waals surface area contributed by atoms with Gasteiger partial charge in [-0.15, -0.1) is 0 Å². The fourth-order valence-corrected chi connectivity index (χ4v) is 4.50. The SMILES string of the molecule is CCC(=O)N1CCN(C(=O)/C=C/c2ccc(S(=O)(=O)Nc3ccccc3Cl)cc2)CC1. The highest BCUT2D eigenvalue weighted by Crippen LogP contribution is 2.24. The van der Waals surface area contributed by atoms with E-state index in [4.69, 9.17) is 11.6 Å². The number of carbonyl (C=O) groups is 2. The van der Waals surface area contributed by atoms with E-state index in [1.54, 1.807) is 52.3 Å². The molecule has 1 aliphatic heterocycles. The van der Waals surface area contributed by atoms with E-state index in [9.17, 15) is 18.0 Å². The molecule has 0 atom stereocenters.